The van der Waals surface area contributed by atoms with Crippen molar-refractivity contribution in [2.24, 2.45) is 5.92 Å². The van der Waals surface area contributed by atoms with Crippen LogP contribution in [0.1, 0.15) is 55.0 Å². The maximum atomic E-state index is 16.4. The number of rotatable bonds is 11. The number of aliphatic hydroxyl groups excluding tert-OH is 1. The van der Waals surface area contributed by atoms with E-state index >= 15 is 4.11 Å². The van der Waals surface area contributed by atoms with Gasteiger partial charge in [-0.3, -0.25) is 24.0 Å². The molecule has 0 saturated carbocycles. The Labute approximate surface area is 297 Å². The highest BCUT2D eigenvalue weighted by molar-refractivity contribution is 6.72. The SMILES string of the molecule is CC(=O)OC1CC(=O)N1c1cccc(CN2C(=O)[C@]3(O[C@H](CCn4cc(C(CO)c5ccccc5)nn4)[C@@H]([Si](C)(C)F)[C@@H]3C)c3ccccc32)c1. The van der Waals surface area contributed by atoms with Gasteiger partial charge >= 0.3 is 5.97 Å². The van der Waals surface area contributed by atoms with E-state index in [1.165, 1.54) is 11.8 Å². The molecule has 13 heteroatoms. The number of aryl methyl sites for hydroxylation is 1. The first-order valence-electron chi connectivity index (χ1n) is 17.3. The fourth-order valence-corrected chi connectivity index (χ4v) is 10.8. The van der Waals surface area contributed by atoms with Gasteiger partial charge in [0.25, 0.3) is 5.91 Å². The molecule has 1 spiro atoms. The van der Waals surface area contributed by atoms with Crippen molar-refractivity contribution in [3.63, 3.8) is 0 Å². The second-order valence-electron chi connectivity index (χ2n) is 14.2. The number of para-hydroxylation sites is 1. The Hall–Kier alpha value is -4.72. The van der Waals surface area contributed by atoms with Crippen LogP contribution >= 0.6 is 0 Å². The van der Waals surface area contributed by atoms with Crippen LogP contribution in [0.5, 0.6) is 0 Å². The lowest BCUT2D eigenvalue weighted by molar-refractivity contribution is -0.154. The summed E-state index contributed by atoms with van der Waals surface area (Å²) in [5.41, 5.74) is 2.47. The van der Waals surface area contributed by atoms with Crippen molar-refractivity contribution in [2.75, 3.05) is 16.4 Å². The Balaban J connectivity index is 1.14. The highest BCUT2D eigenvalue weighted by Gasteiger charge is 2.66. The highest BCUT2D eigenvalue weighted by Crippen LogP contribution is 2.60. The zero-order chi connectivity index (χ0) is 36.1. The number of esters is 1. The predicted octanol–water partition coefficient (Wildman–Crippen LogP) is 5.44. The molecule has 0 radical (unpaired) electrons. The summed E-state index contributed by atoms with van der Waals surface area (Å²) in [5, 5.41) is 18.8. The number of benzene rings is 3. The molecule has 51 heavy (non-hydrogen) atoms. The number of halogens is 1. The van der Waals surface area contributed by atoms with Crippen LogP contribution < -0.4 is 9.80 Å². The molecule has 4 aromatic rings. The number of anilines is 2. The second-order valence-corrected chi connectivity index (χ2v) is 18.0. The van der Waals surface area contributed by atoms with E-state index in [2.05, 4.69) is 10.3 Å². The second kappa shape index (κ2) is 13.4. The summed E-state index contributed by atoms with van der Waals surface area (Å²) in [6.07, 6.45) is 1.12. The van der Waals surface area contributed by atoms with E-state index in [0.717, 1.165) is 11.1 Å². The molecule has 11 nitrogen and oxygen atoms in total. The number of hydrogen-bond acceptors (Lipinski definition) is 8. The number of β-lactam (4-membered cyclic amide) rings is 1. The van der Waals surface area contributed by atoms with Gasteiger partial charge < -0.3 is 23.6 Å². The van der Waals surface area contributed by atoms with E-state index in [0.29, 0.717) is 35.6 Å². The first-order valence-corrected chi connectivity index (χ1v) is 20.3. The lowest BCUT2D eigenvalue weighted by atomic mass is 9.82. The monoisotopic (exact) mass is 711 g/mol. The Morgan fingerprint density at radius 1 is 1.10 bits per heavy atom. The number of ether oxygens (including phenoxy) is 2. The third-order valence-electron chi connectivity index (χ3n) is 10.5. The number of aliphatic hydroxyl groups is 1. The van der Waals surface area contributed by atoms with E-state index in [9.17, 15) is 19.5 Å². The fraction of sp³-hybridized carbons (Fsp3) is 0.395. The fourth-order valence-electron chi connectivity index (χ4n) is 8.30. The van der Waals surface area contributed by atoms with Gasteiger partial charge in [0.1, 0.15) is 0 Å². The molecule has 266 valence electrons. The van der Waals surface area contributed by atoms with E-state index in [-0.39, 0.29) is 37.3 Å². The number of amides is 2. The zero-order valence-electron chi connectivity index (χ0n) is 29.1. The molecule has 1 N–H and O–H groups in total. The molecular weight excluding hydrogens is 670 g/mol. The van der Waals surface area contributed by atoms with Gasteiger partial charge in [0.15, 0.2) is 11.8 Å². The summed E-state index contributed by atoms with van der Waals surface area (Å²) in [7, 11) is -3.38. The van der Waals surface area contributed by atoms with Crippen LogP contribution in [-0.4, -0.2) is 65.2 Å². The van der Waals surface area contributed by atoms with Crippen molar-refractivity contribution in [1.82, 2.24) is 15.0 Å². The Kier molecular flexibility index (Phi) is 9.15. The van der Waals surface area contributed by atoms with Gasteiger partial charge in [0, 0.05) is 42.4 Å². The normalized spacial score (nSPS) is 24.9. The molecule has 3 aliphatic heterocycles. The van der Waals surface area contributed by atoms with Gasteiger partial charge in [-0.15, -0.1) is 5.10 Å². The van der Waals surface area contributed by atoms with Crippen LogP contribution in [0.4, 0.5) is 15.5 Å². The average molecular weight is 712 g/mol. The van der Waals surface area contributed by atoms with Crippen molar-refractivity contribution >= 4 is 37.6 Å². The van der Waals surface area contributed by atoms with Crippen molar-refractivity contribution < 1.29 is 33.1 Å². The van der Waals surface area contributed by atoms with Gasteiger partial charge in [0.05, 0.1) is 43.0 Å². The van der Waals surface area contributed by atoms with Crippen LogP contribution in [0.25, 0.3) is 0 Å². The van der Waals surface area contributed by atoms with Gasteiger partial charge in [-0.25, -0.2) is 0 Å². The molecule has 1 aromatic heterocycles. The largest absolute Gasteiger partial charge is 0.441 e. The predicted molar refractivity (Wildman–Crippen MR) is 190 cm³/mol. The van der Waals surface area contributed by atoms with Crippen LogP contribution in [0.2, 0.25) is 18.6 Å². The smallest absolute Gasteiger partial charge is 0.304 e. The quantitative estimate of drug-likeness (QED) is 0.0944. The molecule has 7 rings (SSSR count). The lowest BCUT2D eigenvalue weighted by Gasteiger charge is -2.39. The van der Waals surface area contributed by atoms with Crippen LogP contribution in [0.3, 0.4) is 0 Å². The summed E-state index contributed by atoms with van der Waals surface area (Å²) < 4.78 is 30.2. The van der Waals surface area contributed by atoms with Crippen LogP contribution in [-0.2, 0) is 42.5 Å². The molecule has 3 aliphatic rings. The molecule has 3 aromatic carbocycles. The molecule has 2 fully saturated rings. The molecule has 0 aliphatic carbocycles. The number of fused-ring (bicyclic) bond motifs is 2. The number of carbonyl (C=O) groups excluding carboxylic acids is 3. The Bertz CT molecular complexity index is 1950. The third kappa shape index (κ3) is 6.17. The summed E-state index contributed by atoms with van der Waals surface area (Å²) in [6.45, 7) is 7.07. The average Bonchev–Trinajstić information content (AvgIpc) is 3.75. The minimum atomic E-state index is -3.38. The lowest BCUT2D eigenvalue weighted by Crippen LogP contribution is -2.54. The minimum absolute atomic E-state index is 0.116. The Morgan fingerprint density at radius 2 is 1.84 bits per heavy atom. The van der Waals surface area contributed by atoms with Crippen molar-refractivity contribution in [2.45, 2.75) is 82.3 Å². The molecule has 0 bridgehead atoms. The third-order valence-corrected chi connectivity index (χ3v) is 13.0. The van der Waals surface area contributed by atoms with Crippen molar-refractivity contribution in [1.29, 1.82) is 0 Å². The number of nitrogens with zero attached hydrogens (tertiary/aromatic N) is 5. The van der Waals surface area contributed by atoms with E-state index in [4.69, 9.17) is 9.47 Å². The van der Waals surface area contributed by atoms with Gasteiger partial charge in [-0.05, 0) is 48.8 Å². The van der Waals surface area contributed by atoms with E-state index < -0.39 is 43.8 Å². The van der Waals surface area contributed by atoms with Gasteiger partial charge in [-0.1, -0.05) is 72.8 Å². The zero-order valence-corrected chi connectivity index (χ0v) is 30.1. The van der Waals surface area contributed by atoms with Crippen molar-refractivity contribution in [3.05, 3.63) is 107 Å². The summed E-state index contributed by atoms with van der Waals surface area (Å²) in [6, 6.07) is 24.4. The van der Waals surface area contributed by atoms with Gasteiger partial charge in [0.2, 0.25) is 14.3 Å². The topological polar surface area (TPSA) is 127 Å². The molecule has 6 atom stereocenters. The van der Waals surface area contributed by atoms with E-state index in [1.54, 1.807) is 34.8 Å². The molecule has 2 saturated heterocycles. The summed E-state index contributed by atoms with van der Waals surface area (Å²) >= 11 is 0. The van der Waals surface area contributed by atoms with E-state index in [1.807, 2.05) is 79.9 Å². The Morgan fingerprint density at radius 3 is 2.55 bits per heavy atom. The summed E-state index contributed by atoms with van der Waals surface area (Å²) in [5.74, 6) is -1.65. The molecule has 4 heterocycles. The number of hydrogen-bond donors (Lipinski definition) is 1. The maximum absolute atomic E-state index is 16.4. The number of aromatic nitrogens is 3. The maximum Gasteiger partial charge on any atom is 0.304 e. The first-order chi connectivity index (χ1) is 24.4. The highest BCUT2D eigenvalue weighted by atomic mass is 28.4. The molecular formula is C38H42FN5O6Si. The number of carbonyl (C=O) groups is 3. The molecule has 2 amide bonds. The van der Waals surface area contributed by atoms with Crippen LogP contribution in [0, 0.1) is 5.92 Å². The van der Waals surface area contributed by atoms with Crippen molar-refractivity contribution in [3.8, 4) is 0 Å². The standard InChI is InChI=1S/C38H42FN5O6Si/c1-24-36(51(3,4)39)33(17-18-42-22-31(40-41-42)29(23-45)27-12-6-5-7-13-27)50-38(24)30-15-8-9-16-32(30)43(37(38)48)21-26-11-10-14-28(19-26)44-34(47)20-35(44)49-25(2)46/h5-16,19,22,24,29,33,35-36,45H,17-18,20-21,23H2,1-4H3/t24-,29?,33+,35?,36-,38+/m0/s1. The van der Waals surface area contributed by atoms with Crippen LogP contribution in [0.15, 0.2) is 85.1 Å². The minimum Gasteiger partial charge on any atom is -0.441 e. The summed E-state index contributed by atoms with van der Waals surface area (Å²) in [4.78, 5) is 42.0. The van der Waals surface area contributed by atoms with Gasteiger partial charge in [-0.2, -0.15) is 0 Å². The first kappa shape index (κ1) is 34.7. The molecule has 2 unspecified atom stereocenters.